The molecule has 0 bridgehead atoms. The molecular weight excluding hydrogens is 387 g/mol. The maximum absolute atomic E-state index is 13.6. The van der Waals surface area contributed by atoms with Gasteiger partial charge in [-0.15, -0.1) is 0 Å². The molecule has 1 aliphatic heterocycles. The number of benzene rings is 2. The number of hydrogen-bond donors (Lipinski definition) is 1. The predicted octanol–water partition coefficient (Wildman–Crippen LogP) is 2.70. The quantitative estimate of drug-likeness (QED) is 0.342. The first-order valence-corrected chi connectivity index (χ1v) is 8.40. The van der Waals surface area contributed by atoms with E-state index in [4.69, 9.17) is 14.2 Å². The topological polar surface area (TPSA) is 117 Å². The van der Waals surface area contributed by atoms with E-state index < -0.39 is 29.2 Å². The molecule has 0 radical (unpaired) electrons. The van der Waals surface area contributed by atoms with Gasteiger partial charge in [0.15, 0.2) is 18.1 Å². The highest BCUT2D eigenvalue weighted by molar-refractivity contribution is 5.95. The van der Waals surface area contributed by atoms with Crippen LogP contribution >= 0.6 is 0 Å². The highest BCUT2D eigenvalue weighted by Crippen LogP contribution is 2.31. The molecule has 0 saturated carbocycles. The van der Waals surface area contributed by atoms with Crippen molar-refractivity contribution in [2.24, 2.45) is 0 Å². The van der Waals surface area contributed by atoms with E-state index >= 15 is 0 Å². The first-order chi connectivity index (χ1) is 13.9. The minimum atomic E-state index is -0.853. The summed E-state index contributed by atoms with van der Waals surface area (Å²) < 4.78 is 29.3. The third-order valence-corrected chi connectivity index (χ3v) is 3.76. The number of fused-ring (bicyclic) bond motifs is 1. The summed E-state index contributed by atoms with van der Waals surface area (Å²) in [6.45, 7) is 0.214. The van der Waals surface area contributed by atoms with Gasteiger partial charge in [0, 0.05) is 18.2 Å². The molecule has 2 aromatic carbocycles. The average Bonchev–Trinajstić information content (AvgIpc) is 2.72. The molecule has 3 rings (SSSR count). The van der Waals surface area contributed by atoms with Gasteiger partial charge >= 0.3 is 5.97 Å². The van der Waals surface area contributed by atoms with Crippen LogP contribution in [0.25, 0.3) is 6.08 Å². The van der Waals surface area contributed by atoms with Crippen molar-refractivity contribution in [2.75, 3.05) is 25.1 Å². The van der Waals surface area contributed by atoms with Crippen molar-refractivity contribution in [3.8, 4) is 11.5 Å². The Bertz CT molecular complexity index is 991. The lowest BCUT2D eigenvalue weighted by Gasteiger charge is -2.18. The summed E-state index contributed by atoms with van der Waals surface area (Å²) >= 11 is 0. The zero-order chi connectivity index (χ0) is 20.8. The number of nitro benzene ring substituents is 1. The summed E-state index contributed by atoms with van der Waals surface area (Å²) in [6, 6.07) is 7.81. The van der Waals surface area contributed by atoms with Crippen LogP contribution in [0.4, 0.5) is 15.8 Å². The van der Waals surface area contributed by atoms with Crippen molar-refractivity contribution in [2.45, 2.75) is 0 Å². The van der Waals surface area contributed by atoms with E-state index in [-0.39, 0.29) is 11.4 Å². The summed E-state index contributed by atoms with van der Waals surface area (Å²) in [5.41, 5.74) is -0.109. The third kappa shape index (κ3) is 5.28. The smallest absolute Gasteiger partial charge is 0.331 e. The number of hydrogen-bond acceptors (Lipinski definition) is 7. The fraction of sp³-hybridized carbons (Fsp3) is 0.158. The minimum Gasteiger partial charge on any atom is -0.486 e. The number of nitrogens with one attached hydrogen (secondary N) is 1. The Morgan fingerprint density at radius 3 is 2.69 bits per heavy atom. The number of nitro groups is 1. The number of rotatable bonds is 6. The molecule has 150 valence electrons. The number of anilines is 1. The molecule has 0 unspecified atom stereocenters. The number of ether oxygens (including phenoxy) is 3. The fourth-order valence-electron chi connectivity index (χ4n) is 2.42. The van der Waals surface area contributed by atoms with Crippen molar-refractivity contribution in [3.05, 3.63) is 64.0 Å². The Hall–Kier alpha value is -3.95. The normalized spacial score (nSPS) is 12.4. The lowest BCUT2D eigenvalue weighted by molar-refractivity contribution is -0.384. The van der Waals surface area contributed by atoms with E-state index in [0.717, 1.165) is 24.3 Å². The van der Waals surface area contributed by atoms with E-state index in [0.29, 0.717) is 30.3 Å². The van der Waals surface area contributed by atoms with Gasteiger partial charge in [-0.3, -0.25) is 14.9 Å². The largest absolute Gasteiger partial charge is 0.486 e. The highest BCUT2D eigenvalue weighted by atomic mass is 19.1. The summed E-state index contributed by atoms with van der Waals surface area (Å²) in [5, 5.41) is 12.8. The molecule has 0 atom stereocenters. The van der Waals surface area contributed by atoms with E-state index in [2.05, 4.69) is 5.32 Å². The van der Waals surface area contributed by atoms with Gasteiger partial charge in [0.05, 0.1) is 10.6 Å². The number of halogens is 1. The van der Waals surface area contributed by atoms with Crippen LogP contribution < -0.4 is 14.8 Å². The number of esters is 1. The summed E-state index contributed by atoms with van der Waals surface area (Å²) in [6.07, 6.45) is 2.59. The van der Waals surface area contributed by atoms with Gasteiger partial charge in [0.2, 0.25) is 0 Å². The standard InChI is InChI=1S/C19H15FN2O7/c20-14-4-3-13(22(25)26)10-15(14)21-18(23)11-29-19(24)6-2-12-1-5-16-17(9-12)28-8-7-27-16/h1-6,9-10H,7-8,11H2,(H,21,23)/b6-2+. The maximum atomic E-state index is 13.6. The van der Waals surface area contributed by atoms with Crippen molar-refractivity contribution < 1.29 is 33.1 Å². The van der Waals surface area contributed by atoms with Gasteiger partial charge in [-0.2, -0.15) is 0 Å². The van der Waals surface area contributed by atoms with Crippen LogP contribution in [0.2, 0.25) is 0 Å². The highest BCUT2D eigenvalue weighted by Gasteiger charge is 2.14. The fourth-order valence-corrected chi connectivity index (χ4v) is 2.42. The third-order valence-electron chi connectivity index (χ3n) is 3.76. The number of non-ortho nitro benzene ring substituents is 1. The van der Waals surface area contributed by atoms with E-state index in [1.165, 1.54) is 6.08 Å². The van der Waals surface area contributed by atoms with Crippen molar-refractivity contribution >= 4 is 29.3 Å². The van der Waals surface area contributed by atoms with Crippen LogP contribution in [-0.2, 0) is 14.3 Å². The van der Waals surface area contributed by atoms with Gasteiger partial charge in [0.25, 0.3) is 11.6 Å². The van der Waals surface area contributed by atoms with E-state index in [1.54, 1.807) is 18.2 Å². The number of carbonyl (C=O) groups is 2. The van der Waals surface area contributed by atoms with Crippen LogP contribution in [0, 0.1) is 15.9 Å². The lowest BCUT2D eigenvalue weighted by atomic mass is 10.2. The monoisotopic (exact) mass is 402 g/mol. The van der Waals surface area contributed by atoms with Crippen molar-refractivity contribution in [1.29, 1.82) is 0 Å². The summed E-state index contributed by atoms with van der Waals surface area (Å²) in [5.74, 6) is -1.32. The summed E-state index contributed by atoms with van der Waals surface area (Å²) in [7, 11) is 0. The molecule has 0 aromatic heterocycles. The molecule has 9 nitrogen and oxygen atoms in total. The van der Waals surface area contributed by atoms with Gasteiger partial charge in [-0.25, -0.2) is 9.18 Å². The average molecular weight is 402 g/mol. The molecule has 29 heavy (non-hydrogen) atoms. The molecule has 1 aliphatic rings. The molecular formula is C19H15FN2O7. The van der Waals surface area contributed by atoms with E-state index in [9.17, 15) is 24.1 Å². The molecule has 2 aromatic rings. The molecule has 1 amide bonds. The number of carbonyl (C=O) groups excluding carboxylic acids is 2. The van der Waals surface area contributed by atoms with Crippen molar-refractivity contribution in [3.63, 3.8) is 0 Å². The Balaban J connectivity index is 1.53. The Morgan fingerprint density at radius 2 is 1.93 bits per heavy atom. The molecule has 0 fully saturated rings. The Morgan fingerprint density at radius 1 is 1.17 bits per heavy atom. The number of amides is 1. The second-order valence-corrected chi connectivity index (χ2v) is 5.81. The lowest BCUT2D eigenvalue weighted by Crippen LogP contribution is -2.20. The van der Waals surface area contributed by atoms with E-state index in [1.807, 2.05) is 0 Å². The van der Waals surface area contributed by atoms with Gasteiger partial charge < -0.3 is 19.5 Å². The van der Waals surface area contributed by atoms with Crippen molar-refractivity contribution in [1.82, 2.24) is 0 Å². The number of nitrogens with zero attached hydrogens (tertiary/aromatic N) is 1. The van der Waals surface area contributed by atoms with Crippen LogP contribution in [0.3, 0.4) is 0 Å². The van der Waals surface area contributed by atoms with Gasteiger partial charge in [-0.1, -0.05) is 6.07 Å². The molecule has 1 heterocycles. The second kappa shape index (κ2) is 8.83. The van der Waals surface area contributed by atoms with Gasteiger partial charge in [0.1, 0.15) is 19.0 Å². The Kier molecular flexibility index (Phi) is 6.03. The van der Waals surface area contributed by atoms with Crippen LogP contribution in [-0.4, -0.2) is 36.6 Å². The molecule has 0 spiro atoms. The minimum absolute atomic E-state index is 0.382. The Labute approximate surface area is 163 Å². The van der Waals surface area contributed by atoms with Crippen LogP contribution in [0.15, 0.2) is 42.5 Å². The molecule has 0 saturated heterocycles. The SMILES string of the molecule is O=C(COC(=O)/C=C/c1ccc2c(c1)OCCO2)Nc1cc([N+](=O)[O-])ccc1F. The van der Waals surface area contributed by atoms with Crippen LogP contribution in [0.5, 0.6) is 11.5 Å². The predicted molar refractivity (Wildman–Crippen MR) is 99.1 cm³/mol. The molecule has 10 heteroatoms. The first kappa shape index (κ1) is 19.8. The maximum Gasteiger partial charge on any atom is 0.331 e. The second-order valence-electron chi connectivity index (χ2n) is 5.81. The molecule has 1 N–H and O–H groups in total. The van der Waals surface area contributed by atoms with Gasteiger partial charge in [-0.05, 0) is 29.8 Å². The van der Waals surface area contributed by atoms with Crippen LogP contribution in [0.1, 0.15) is 5.56 Å². The molecule has 0 aliphatic carbocycles. The summed E-state index contributed by atoms with van der Waals surface area (Å²) in [4.78, 5) is 33.6. The first-order valence-electron chi connectivity index (χ1n) is 8.40. The zero-order valence-electron chi connectivity index (χ0n) is 14.9. The zero-order valence-corrected chi connectivity index (χ0v) is 14.9.